The van der Waals surface area contributed by atoms with E-state index in [9.17, 15) is 71.2 Å². The number of aromatic hydroxyl groups is 2. The molecule has 3 fully saturated rings. The fourth-order valence-corrected chi connectivity index (χ4v) is 6.49. The van der Waals surface area contributed by atoms with Crippen molar-refractivity contribution in [2.75, 3.05) is 26.9 Å². The maximum Gasteiger partial charge on any atom is 0.239 e. The van der Waals surface area contributed by atoms with E-state index in [-0.39, 0.29) is 22.8 Å². The van der Waals surface area contributed by atoms with Gasteiger partial charge in [-0.2, -0.15) is 0 Å². The largest absolute Gasteiger partial charge is 0.507 e. The summed E-state index contributed by atoms with van der Waals surface area (Å²) in [7, 11) is 1.23. The summed E-state index contributed by atoms with van der Waals surface area (Å²) in [6, 6.07) is 5.63. The van der Waals surface area contributed by atoms with Gasteiger partial charge in [-0.05, 0) is 18.2 Å². The molecule has 22 nitrogen and oxygen atoms in total. The molecule has 15 atom stereocenters. The van der Waals surface area contributed by atoms with Crippen LogP contribution in [0.5, 0.6) is 28.7 Å². The van der Waals surface area contributed by atoms with Gasteiger partial charge in [0.1, 0.15) is 89.6 Å². The number of ether oxygens (including phenoxy) is 7. The van der Waals surface area contributed by atoms with Crippen LogP contribution < -0.4 is 19.6 Å². The molecule has 7 unspecified atom stereocenters. The van der Waals surface area contributed by atoms with Gasteiger partial charge in [-0.15, -0.1) is 0 Å². The summed E-state index contributed by atoms with van der Waals surface area (Å²) in [5.74, 6) is -2.79. The van der Waals surface area contributed by atoms with Crippen LogP contribution in [0.1, 0.15) is 0 Å². The van der Waals surface area contributed by atoms with Crippen molar-refractivity contribution in [3.8, 4) is 40.1 Å². The zero-order chi connectivity index (χ0) is 40.7. The third-order valence-corrected chi connectivity index (χ3v) is 9.65. The van der Waals surface area contributed by atoms with E-state index in [1.807, 2.05) is 0 Å². The average molecular weight is 803 g/mol. The van der Waals surface area contributed by atoms with Gasteiger partial charge < -0.3 is 104 Å². The van der Waals surface area contributed by atoms with Gasteiger partial charge in [0.15, 0.2) is 29.7 Å². The van der Waals surface area contributed by atoms with Gasteiger partial charge >= 0.3 is 0 Å². The van der Waals surface area contributed by atoms with E-state index in [1.54, 1.807) is 0 Å². The van der Waals surface area contributed by atoms with Crippen molar-refractivity contribution in [1.82, 2.24) is 0 Å². The first-order chi connectivity index (χ1) is 26.6. The van der Waals surface area contributed by atoms with Crippen LogP contribution in [0.2, 0.25) is 0 Å². The lowest BCUT2D eigenvalue weighted by atomic mass is 9.97. The minimum absolute atomic E-state index is 0.0186. The first-order valence-electron chi connectivity index (χ1n) is 17.1. The second kappa shape index (κ2) is 16.9. The first kappa shape index (κ1) is 41.7. The third kappa shape index (κ3) is 7.70. The summed E-state index contributed by atoms with van der Waals surface area (Å²) in [5, 5.41) is 134. The van der Waals surface area contributed by atoms with E-state index in [4.69, 9.17) is 37.6 Å². The SMILES string of the molecule is COc1cc(-c2oc3cc(O[C@@H]4OC(CO)[C@@H](O)[C@H](O)C4O)cc(O)c3c(=O)c2O[C@@H]2OC(CO)[C@@H](O)C(O)C2O[C@@H]2OC(CO)[C@@H](O)C(O)[C@H]2O)ccc1O. The van der Waals surface area contributed by atoms with Crippen molar-refractivity contribution >= 4 is 11.0 Å². The normalized spacial score (nSPS) is 36.3. The Kier molecular flexibility index (Phi) is 12.6. The van der Waals surface area contributed by atoms with E-state index in [0.29, 0.717) is 0 Å². The molecule has 56 heavy (non-hydrogen) atoms. The lowest BCUT2D eigenvalue weighted by molar-refractivity contribution is -0.358. The highest BCUT2D eigenvalue weighted by Gasteiger charge is 2.52. The molecule has 3 saturated heterocycles. The van der Waals surface area contributed by atoms with E-state index < -0.39 is 146 Å². The fraction of sp³-hybridized carbons (Fsp3) is 0.559. The summed E-state index contributed by atoms with van der Waals surface area (Å²) in [4.78, 5) is 14.3. The van der Waals surface area contributed by atoms with Crippen LogP contribution in [0.4, 0.5) is 0 Å². The molecule has 13 N–H and O–H groups in total. The average Bonchev–Trinajstić information content (AvgIpc) is 3.18. The van der Waals surface area contributed by atoms with Crippen LogP contribution in [-0.2, 0) is 18.9 Å². The van der Waals surface area contributed by atoms with Crippen LogP contribution in [0, 0.1) is 0 Å². The molecule has 0 amide bonds. The molecule has 22 heteroatoms. The van der Waals surface area contributed by atoms with Crippen LogP contribution in [-0.4, -0.2) is 185 Å². The number of hydrogen-bond donors (Lipinski definition) is 13. The van der Waals surface area contributed by atoms with Gasteiger partial charge in [0, 0.05) is 17.7 Å². The molecule has 4 heterocycles. The highest BCUT2D eigenvalue weighted by atomic mass is 16.8. The summed E-state index contributed by atoms with van der Waals surface area (Å²) >= 11 is 0. The molecule has 2 aromatic carbocycles. The van der Waals surface area contributed by atoms with Crippen molar-refractivity contribution in [2.24, 2.45) is 0 Å². The Morgan fingerprint density at radius 1 is 0.625 bits per heavy atom. The monoisotopic (exact) mass is 802 g/mol. The number of fused-ring (bicyclic) bond motifs is 1. The Hall–Kier alpha value is -3.95. The number of rotatable bonds is 11. The minimum Gasteiger partial charge on any atom is -0.507 e. The van der Waals surface area contributed by atoms with Gasteiger partial charge in [0.2, 0.25) is 23.8 Å². The maximum atomic E-state index is 14.3. The van der Waals surface area contributed by atoms with Crippen LogP contribution >= 0.6 is 0 Å². The van der Waals surface area contributed by atoms with Gasteiger partial charge in [-0.3, -0.25) is 4.79 Å². The van der Waals surface area contributed by atoms with Crippen molar-refractivity contribution in [3.05, 3.63) is 40.6 Å². The fourth-order valence-electron chi connectivity index (χ4n) is 6.49. The number of aliphatic hydroxyl groups is 11. The number of phenols is 2. The Bertz CT molecular complexity index is 1880. The Morgan fingerprint density at radius 2 is 1.18 bits per heavy atom. The predicted octanol–water partition coefficient (Wildman–Crippen LogP) is -4.94. The molecule has 0 aliphatic carbocycles. The second-order valence-corrected chi connectivity index (χ2v) is 13.2. The highest BCUT2D eigenvalue weighted by molar-refractivity contribution is 5.88. The molecule has 3 aliphatic rings. The molecule has 6 rings (SSSR count). The zero-order valence-electron chi connectivity index (χ0n) is 29.2. The first-order valence-corrected chi connectivity index (χ1v) is 17.1. The molecular weight excluding hydrogens is 760 g/mol. The molecule has 1 aromatic heterocycles. The van der Waals surface area contributed by atoms with Crippen molar-refractivity contribution in [1.29, 1.82) is 0 Å². The van der Waals surface area contributed by atoms with E-state index in [1.165, 1.54) is 25.3 Å². The minimum atomic E-state index is -2.03. The molecule has 3 aromatic rings. The Morgan fingerprint density at radius 3 is 1.77 bits per heavy atom. The lowest BCUT2D eigenvalue weighted by Gasteiger charge is -2.45. The molecular formula is C34H42O22. The number of aliphatic hydroxyl groups excluding tert-OH is 11. The summed E-state index contributed by atoms with van der Waals surface area (Å²) in [6.07, 6.45) is -26.9. The van der Waals surface area contributed by atoms with Crippen molar-refractivity contribution in [2.45, 2.75) is 92.1 Å². The number of hydrogen-bond acceptors (Lipinski definition) is 22. The number of benzene rings is 2. The smallest absolute Gasteiger partial charge is 0.239 e. The Balaban J connectivity index is 1.44. The standard InChI is InChI=1S/C34H42O22/c1-49-14-4-10(2-3-12(14)38)29-30(23(43)19-13(39)5-11(6-15(19)51-29)50-32-27(47)24(44)20(40)16(7-35)52-32)55-34-31(26(46)22(42)18(9-37)54-34)56-33-28(48)25(45)21(41)17(8-36)53-33/h2-6,16-18,20-22,24-28,31-42,44-48H,7-9H2,1H3/t16?,17?,18?,20-,21-,22-,24+,25?,26?,27?,28-,31?,32-,33+,34+/m1/s1. The molecule has 0 bridgehead atoms. The lowest BCUT2D eigenvalue weighted by Crippen LogP contribution is -2.65. The van der Waals surface area contributed by atoms with Gasteiger partial charge in [-0.25, -0.2) is 0 Å². The molecule has 0 radical (unpaired) electrons. The summed E-state index contributed by atoms with van der Waals surface area (Å²) in [5.41, 5.74) is -1.54. The van der Waals surface area contributed by atoms with E-state index in [0.717, 1.165) is 12.1 Å². The highest BCUT2D eigenvalue weighted by Crippen LogP contribution is 2.41. The predicted molar refractivity (Wildman–Crippen MR) is 179 cm³/mol. The van der Waals surface area contributed by atoms with Crippen LogP contribution in [0.15, 0.2) is 39.5 Å². The van der Waals surface area contributed by atoms with Crippen LogP contribution in [0.3, 0.4) is 0 Å². The third-order valence-electron chi connectivity index (χ3n) is 9.65. The maximum absolute atomic E-state index is 14.3. The molecule has 310 valence electrons. The zero-order valence-corrected chi connectivity index (χ0v) is 29.2. The van der Waals surface area contributed by atoms with Gasteiger partial charge in [0.25, 0.3) is 0 Å². The quantitative estimate of drug-likeness (QED) is 0.0863. The molecule has 0 saturated carbocycles. The van der Waals surface area contributed by atoms with Crippen LogP contribution in [0.25, 0.3) is 22.3 Å². The Labute approximate surface area is 314 Å². The number of phenolic OH excluding ortho intramolecular Hbond substituents is 2. The van der Waals surface area contributed by atoms with Crippen molar-refractivity contribution < 1.29 is 104 Å². The molecule has 0 spiro atoms. The van der Waals surface area contributed by atoms with Crippen molar-refractivity contribution in [3.63, 3.8) is 0 Å². The van der Waals surface area contributed by atoms with E-state index in [2.05, 4.69) is 0 Å². The summed E-state index contributed by atoms with van der Waals surface area (Å²) < 4.78 is 45.0. The van der Waals surface area contributed by atoms with Gasteiger partial charge in [0.05, 0.1) is 26.9 Å². The van der Waals surface area contributed by atoms with Gasteiger partial charge in [-0.1, -0.05) is 0 Å². The second-order valence-electron chi connectivity index (χ2n) is 13.2. The molecule has 3 aliphatic heterocycles. The topological polar surface area (TPSA) is 358 Å². The van der Waals surface area contributed by atoms with E-state index >= 15 is 0 Å². The summed E-state index contributed by atoms with van der Waals surface area (Å²) in [6.45, 7) is -2.52. The number of methoxy groups -OCH3 is 1.